The molecule has 1 aromatic rings. The van der Waals surface area contributed by atoms with Gasteiger partial charge >= 0.3 is 29.9 Å². The Hall–Kier alpha value is -2.48. The molecule has 3 rings (SSSR count). The SMILES string of the molecule is O=C(C1=C([O-])c2c(F)cc(F)cc2C1)C1(C(F)(F)F)C(F)(F)C(F)(F)C(F)(F)C1(F)F. The zero-order chi connectivity index (χ0) is 24.2. The fourth-order valence-electron chi connectivity index (χ4n) is 3.68. The summed E-state index contributed by atoms with van der Waals surface area (Å²) in [6.07, 6.45) is -9.13. The van der Waals surface area contributed by atoms with Crippen molar-refractivity contribution in [2.24, 2.45) is 5.41 Å². The number of carbonyl (C=O) groups excluding carboxylic acids is 1. The first-order chi connectivity index (χ1) is 13.7. The number of alkyl halides is 11. The van der Waals surface area contributed by atoms with E-state index in [0.717, 1.165) is 0 Å². The molecular weight excluding hydrogens is 471 g/mol. The van der Waals surface area contributed by atoms with Gasteiger partial charge in [0, 0.05) is 18.1 Å². The lowest BCUT2D eigenvalue weighted by Crippen LogP contribution is -2.65. The zero-order valence-corrected chi connectivity index (χ0v) is 14.1. The maximum atomic E-state index is 14.1. The number of benzene rings is 1. The van der Waals surface area contributed by atoms with E-state index in [2.05, 4.69) is 0 Å². The molecule has 0 radical (unpaired) electrons. The van der Waals surface area contributed by atoms with E-state index in [-0.39, 0.29) is 12.1 Å². The largest absolute Gasteiger partial charge is 0.872 e. The molecule has 1 aromatic carbocycles. The number of fused-ring (bicyclic) bond motifs is 1. The molecule has 1 saturated carbocycles. The average Bonchev–Trinajstić information content (AvgIpc) is 2.91. The molecule has 172 valence electrons. The van der Waals surface area contributed by atoms with Gasteiger partial charge in [0.2, 0.25) is 0 Å². The molecule has 0 bridgehead atoms. The number of ketones is 1. The Bertz CT molecular complexity index is 993. The summed E-state index contributed by atoms with van der Waals surface area (Å²) in [5.74, 6) is -39.0. The molecule has 0 aliphatic heterocycles. The first kappa shape index (κ1) is 23.2. The molecule has 0 spiro atoms. The molecule has 0 atom stereocenters. The van der Waals surface area contributed by atoms with Crippen LogP contribution in [0.3, 0.4) is 0 Å². The second-order valence-corrected chi connectivity index (χ2v) is 6.78. The van der Waals surface area contributed by atoms with E-state index in [4.69, 9.17) is 0 Å². The van der Waals surface area contributed by atoms with Crippen LogP contribution in [0.2, 0.25) is 0 Å². The van der Waals surface area contributed by atoms with Crippen LogP contribution in [0.15, 0.2) is 17.7 Å². The second-order valence-electron chi connectivity index (χ2n) is 6.78. The Labute approximate surface area is 161 Å². The van der Waals surface area contributed by atoms with Gasteiger partial charge in [-0.05, 0) is 17.2 Å². The maximum absolute atomic E-state index is 14.1. The van der Waals surface area contributed by atoms with Gasteiger partial charge in [-0.2, -0.15) is 48.3 Å². The lowest BCUT2D eigenvalue weighted by atomic mass is 9.72. The lowest BCUT2D eigenvalue weighted by Gasteiger charge is -2.39. The van der Waals surface area contributed by atoms with Crippen molar-refractivity contribution >= 4 is 11.5 Å². The van der Waals surface area contributed by atoms with E-state index >= 15 is 0 Å². The van der Waals surface area contributed by atoms with Crippen molar-refractivity contribution in [3.63, 3.8) is 0 Å². The molecular formula is C16H4F13O2-. The van der Waals surface area contributed by atoms with Gasteiger partial charge in [0.1, 0.15) is 11.6 Å². The highest BCUT2D eigenvalue weighted by Crippen LogP contribution is 2.76. The van der Waals surface area contributed by atoms with Crippen LogP contribution < -0.4 is 5.11 Å². The Morgan fingerprint density at radius 1 is 0.839 bits per heavy atom. The molecule has 15 heteroatoms. The Kier molecular flexibility index (Phi) is 4.38. The van der Waals surface area contributed by atoms with Gasteiger partial charge in [0.25, 0.3) is 5.41 Å². The molecule has 2 nitrogen and oxygen atoms in total. The first-order valence-corrected chi connectivity index (χ1v) is 7.73. The third kappa shape index (κ3) is 2.24. The number of hydrogen-bond donors (Lipinski definition) is 0. The fraction of sp³-hybridized carbons (Fsp3) is 0.438. The maximum Gasteiger partial charge on any atom is 0.414 e. The quantitative estimate of drug-likeness (QED) is 0.600. The van der Waals surface area contributed by atoms with E-state index in [9.17, 15) is 67.0 Å². The van der Waals surface area contributed by atoms with Gasteiger partial charge in [0.15, 0.2) is 5.78 Å². The van der Waals surface area contributed by atoms with Gasteiger partial charge in [-0.15, -0.1) is 0 Å². The highest BCUT2D eigenvalue weighted by atomic mass is 19.4. The van der Waals surface area contributed by atoms with Crippen LogP contribution in [-0.4, -0.2) is 35.6 Å². The predicted octanol–water partition coefficient (Wildman–Crippen LogP) is 4.26. The van der Waals surface area contributed by atoms with Crippen molar-refractivity contribution < 1.29 is 67.0 Å². The average molecular weight is 475 g/mol. The second kappa shape index (κ2) is 5.85. The molecule has 0 heterocycles. The van der Waals surface area contributed by atoms with Gasteiger partial charge in [-0.3, -0.25) is 4.79 Å². The van der Waals surface area contributed by atoms with Crippen LogP contribution >= 0.6 is 0 Å². The minimum atomic E-state index is -7.45. The van der Waals surface area contributed by atoms with Crippen molar-refractivity contribution in [3.05, 3.63) is 40.5 Å². The molecule has 1 fully saturated rings. The van der Waals surface area contributed by atoms with Crippen LogP contribution in [-0.2, 0) is 11.2 Å². The van der Waals surface area contributed by atoms with E-state index in [1.807, 2.05) is 0 Å². The standard InChI is InChI=1S/C16H5F13O2/c17-5-1-4-2-6(9(30)8(4)7(18)3-5)10(31)11(16(27,28)29)12(19,20)14(23,24)15(25,26)13(11,21)22/h1,3,30H,2H2/p-1. The number of hydrogen-bond acceptors (Lipinski definition) is 2. The minimum Gasteiger partial charge on any atom is -0.872 e. The summed E-state index contributed by atoms with van der Waals surface area (Å²) in [5, 5.41) is 12.1. The van der Waals surface area contributed by atoms with E-state index in [1.54, 1.807) is 0 Å². The van der Waals surface area contributed by atoms with Crippen molar-refractivity contribution in [1.29, 1.82) is 0 Å². The van der Waals surface area contributed by atoms with Crippen molar-refractivity contribution in [3.8, 4) is 0 Å². The Morgan fingerprint density at radius 3 is 1.71 bits per heavy atom. The van der Waals surface area contributed by atoms with Crippen molar-refractivity contribution in [2.45, 2.75) is 36.3 Å². The van der Waals surface area contributed by atoms with E-state index < -0.39 is 81.6 Å². The Balaban J connectivity index is 2.37. The summed E-state index contributed by atoms with van der Waals surface area (Å²) < 4.78 is 178. The summed E-state index contributed by atoms with van der Waals surface area (Å²) in [7, 11) is 0. The fourth-order valence-corrected chi connectivity index (χ4v) is 3.68. The van der Waals surface area contributed by atoms with E-state index in [0.29, 0.717) is 0 Å². The molecule has 0 N–H and O–H groups in total. The zero-order valence-electron chi connectivity index (χ0n) is 14.1. The summed E-state index contributed by atoms with van der Waals surface area (Å²) in [5.41, 5.74) is -11.7. The summed E-state index contributed by atoms with van der Waals surface area (Å²) in [6.45, 7) is 0. The van der Waals surface area contributed by atoms with E-state index in [1.165, 1.54) is 0 Å². The van der Waals surface area contributed by atoms with Gasteiger partial charge in [-0.1, -0.05) is 5.76 Å². The number of rotatable bonds is 2. The number of carbonyl (C=O) groups is 1. The number of allylic oxidation sites excluding steroid dienone is 1. The smallest absolute Gasteiger partial charge is 0.414 e. The monoisotopic (exact) mass is 475 g/mol. The highest BCUT2D eigenvalue weighted by molar-refractivity contribution is 6.09. The first-order valence-electron chi connectivity index (χ1n) is 7.73. The summed E-state index contributed by atoms with van der Waals surface area (Å²) >= 11 is 0. The minimum absolute atomic E-state index is 0.0369. The molecule has 0 saturated heterocycles. The molecule has 0 unspecified atom stereocenters. The molecule has 0 aromatic heterocycles. The topological polar surface area (TPSA) is 40.1 Å². The van der Waals surface area contributed by atoms with Crippen LogP contribution in [0.25, 0.3) is 5.76 Å². The van der Waals surface area contributed by atoms with Gasteiger partial charge in [0.05, 0.1) is 0 Å². The normalized spacial score (nSPS) is 24.9. The molecule has 2 aliphatic rings. The summed E-state index contributed by atoms with van der Waals surface area (Å²) in [4.78, 5) is 12.3. The van der Waals surface area contributed by atoms with Crippen LogP contribution in [0.1, 0.15) is 11.1 Å². The van der Waals surface area contributed by atoms with Gasteiger partial charge < -0.3 is 5.11 Å². The van der Waals surface area contributed by atoms with Gasteiger partial charge in [-0.25, -0.2) is 8.78 Å². The highest BCUT2D eigenvalue weighted by Gasteiger charge is 3.06. The third-order valence-electron chi connectivity index (χ3n) is 5.17. The number of Topliss-reactive ketones (excluding diaryl/α,β-unsaturated/α-hetero) is 1. The van der Waals surface area contributed by atoms with Crippen molar-refractivity contribution in [1.82, 2.24) is 0 Å². The summed E-state index contributed by atoms with van der Waals surface area (Å²) in [6, 6.07) is 0.190. The predicted molar refractivity (Wildman–Crippen MR) is 70.3 cm³/mol. The third-order valence-corrected chi connectivity index (χ3v) is 5.17. The number of halogens is 13. The molecule has 2 aliphatic carbocycles. The Morgan fingerprint density at radius 2 is 1.29 bits per heavy atom. The van der Waals surface area contributed by atoms with Crippen LogP contribution in [0.4, 0.5) is 57.1 Å². The van der Waals surface area contributed by atoms with Crippen molar-refractivity contribution in [2.75, 3.05) is 0 Å². The molecule has 0 amide bonds. The molecule has 31 heavy (non-hydrogen) atoms. The van der Waals surface area contributed by atoms with Crippen LogP contribution in [0.5, 0.6) is 0 Å². The van der Waals surface area contributed by atoms with Crippen LogP contribution in [0, 0.1) is 17.0 Å². The lowest BCUT2D eigenvalue weighted by molar-refractivity contribution is -0.342.